The smallest absolute Gasteiger partial charge is 0.262 e. The minimum atomic E-state index is -0.194. The Balaban J connectivity index is 1.80. The molecule has 1 unspecified atom stereocenters. The van der Waals surface area contributed by atoms with E-state index in [-0.39, 0.29) is 5.91 Å². The summed E-state index contributed by atoms with van der Waals surface area (Å²) in [4.78, 5) is 18.1. The maximum Gasteiger partial charge on any atom is 0.262 e. The minimum absolute atomic E-state index is 0.194. The molecule has 1 N–H and O–H groups in total. The normalized spacial score (nSPS) is 17.9. The largest absolute Gasteiger partial charge is 0.361 e. The zero-order valence-electron chi connectivity index (χ0n) is 11.8. The third-order valence-electron chi connectivity index (χ3n) is 3.67. The van der Waals surface area contributed by atoms with Crippen molar-refractivity contribution in [3.63, 3.8) is 0 Å². The van der Waals surface area contributed by atoms with Crippen LogP contribution in [0.5, 0.6) is 0 Å². The van der Waals surface area contributed by atoms with Gasteiger partial charge in [0.2, 0.25) is 0 Å². The number of thiazole rings is 1. The third kappa shape index (κ3) is 2.35. The number of hydrogen-bond acceptors (Lipinski definition) is 5. The second-order valence-corrected chi connectivity index (χ2v) is 6.47. The van der Waals surface area contributed by atoms with Crippen LogP contribution in [0.3, 0.4) is 0 Å². The zero-order chi connectivity index (χ0) is 14.3. The van der Waals surface area contributed by atoms with Gasteiger partial charge in [0.25, 0.3) is 5.91 Å². The molecule has 0 saturated carbocycles. The molecule has 0 bridgehead atoms. The van der Waals surface area contributed by atoms with Gasteiger partial charge in [-0.25, -0.2) is 4.98 Å². The summed E-state index contributed by atoms with van der Waals surface area (Å²) >= 11 is 1.58. The van der Waals surface area contributed by atoms with Crippen LogP contribution in [0.15, 0.2) is 4.52 Å². The molecule has 2 heterocycles. The van der Waals surface area contributed by atoms with Crippen LogP contribution >= 0.6 is 11.3 Å². The molecule has 0 fully saturated rings. The molecule has 1 aliphatic carbocycles. The van der Waals surface area contributed by atoms with Gasteiger partial charge in [-0.2, -0.15) is 0 Å². The number of anilines is 1. The number of nitrogens with one attached hydrogen (secondary N) is 1. The molecule has 6 heteroatoms. The van der Waals surface area contributed by atoms with E-state index in [2.05, 4.69) is 22.4 Å². The van der Waals surface area contributed by atoms with E-state index < -0.39 is 0 Å². The molecule has 20 heavy (non-hydrogen) atoms. The van der Waals surface area contributed by atoms with Crippen LogP contribution in [0.1, 0.15) is 45.7 Å². The lowest BCUT2D eigenvalue weighted by atomic mass is 9.93. The highest BCUT2D eigenvalue weighted by atomic mass is 32.1. The lowest BCUT2D eigenvalue weighted by molar-refractivity contribution is 0.102. The van der Waals surface area contributed by atoms with Crippen molar-refractivity contribution >= 4 is 22.4 Å². The Morgan fingerprint density at radius 1 is 1.45 bits per heavy atom. The summed E-state index contributed by atoms with van der Waals surface area (Å²) in [5.41, 5.74) is 2.25. The lowest BCUT2D eigenvalue weighted by Crippen LogP contribution is -2.13. The number of fused-ring (bicyclic) bond motifs is 1. The van der Waals surface area contributed by atoms with E-state index >= 15 is 0 Å². The Morgan fingerprint density at radius 2 is 2.25 bits per heavy atom. The van der Waals surface area contributed by atoms with Crippen LogP contribution in [0, 0.1) is 19.8 Å². The summed E-state index contributed by atoms with van der Waals surface area (Å²) in [6.45, 7) is 5.76. The fraction of sp³-hybridized carbons (Fsp3) is 0.500. The van der Waals surface area contributed by atoms with Crippen molar-refractivity contribution in [2.24, 2.45) is 5.92 Å². The average Bonchev–Trinajstić information content (AvgIpc) is 2.92. The fourth-order valence-electron chi connectivity index (χ4n) is 2.56. The van der Waals surface area contributed by atoms with Crippen LogP contribution in [0.4, 0.5) is 5.13 Å². The summed E-state index contributed by atoms with van der Waals surface area (Å²) in [6.07, 6.45) is 3.25. The van der Waals surface area contributed by atoms with Crippen molar-refractivity contribution in [3.8, 4) is 0 Å². The van der Waals surface area contributed by atoms with Crippen molar-refractivity contribution in [2.45, 2.75) is 40.0 Å². The first-order valence-corrected chi connectivity index (χ1v) is 7.59. The molecule has 106 valence electrons. The van der Waals surface area contributed by atoms with Crippen LogP contribution in [0.2, 0.25) is 0 Å². The van der Waals surface area contributed by atoms with E-state index in [0.29, 0.717) is 28.1 Å². The van der Waals surface area contributed by atoms with Gasteiger partial charge in [-0.3, -0.25) is 10.1 Å². The van der Waals surface area contributed by atoms with Crippen molar-refractivity contribution in [1.29, 1.82) is 0 Å². The number of rotatable bonds is 2. The zero-order valence-corrected chi connectivity index (χ0v) is 12.6. The van der Waals surface area contributed by atoms with E-state index in [9.17, 15) is 4.79 Å². The van der Waals surface area contributed by atoms with Gasteiger partial charge in [-0.15, -0.1) is 11.3 Å². The highest BCUT2D eigenvalue weighted by Crippen LogP contribution is 2.32. The monoisotopic (exact) mass is 291 g/mol. The molecule has 2 aromatic rings. The molecule has 1 atom stereocenters. The number of aryl methyl sites for hydroxylation is 3. The van der Waals surface area contributed by atoms with Crippen LogP contribution in [-0.2, 0) is 12.8 Å². The molecule has 0 saturated heterocycles. The maximum absolute atomic E-state index is 12.2. The van der Waals surface area contributed by atoms with Crippen molar-refractivity contribution in [1.82, 2.24) is 10.1 Å². The van der Waals surface area contributed by atoms with E-state index in [1.165, 1.54) is 11.3 Å². The van der Waals surface area contributed by atoms with Gasteiger partial charge in [-0.1, -0.05) is 12.1 Å². The van der Waals surface area contributed by atoms with E-state index in [4.69, 9.17) is 4.52 Å². The Kier molecular flexibility index (Phi) is 3.33. The Morgan fingerprint density at radius 3 is 2.95 bits per heavy atom. The van der Waals surface area contributed by atoms with Gasteiger partial charge < -0.3 is 4.52 Å². The number of carbonyl (C=O) groups excluding carboxylic acids is 1. The van der Waals surface area contributed by atoms with Crippen molar-refractivity contribution < 1.29 is 9.32 Å². The number of hydrogen-bond donors (Lipinski definition) is 1. The van der Waals surface area contributed by atoms with Gasteiger partial charge in [0.15, 0.2) is 5.13 Å². The summed E-state index contributed by atoms with van der Waals surface area (Å²) in [5, 5.41) is 7.34. The molecule has 3 rings (SSSR count). The van der Waals surface area contributed by atoms with Gasteiger partial charge in [0, 0.05) is 4.88 Å². The van der Waals surface area contributed by atoms with Gasteiger partial charge in [0.1, 0.15) is 11.3 Å². The van der Waals surface area contributed by atoms with Gasteiger partial charge in [-0.05, 0) is 39.0 Å². The highest BCUT2D eigenvalue weighted by Gasteiger charge is 2.22. The topological polar surface area (TPSA) is 68.0 Å². The Bertz CT molecular complexity index is 640. The number of amides is 1. The molecule has 5 nitrogen and oxygen atoms in total. The molecule has 2 aromatic heterocycles. The van der Waals surface area contributed by atoms with Crippen molar-refractivity contribution in [3.05, 3.63) is 27.6 Å². The first-order chi connectivity index (χ1) is 9.54. The fourth-order valence-corrected chi connectivity index (χ4v) is 3.73. The predicted molar refractivity (Wildman–Crippen MR) is 77.2 cm³/mol. The average molecular weight is 291 g/mol. The molecular formula is C14H17N3O2S. The molecule has 1 aliphatic rings. The van der Waals surface area contributed by atoms with E-state index in [1.54, 1.807) is 25.2 Å². The SMILES string of the molecule is Cc1noc(C)c1C(=O)Nc1nc2c(s1)CC(C)CC2. The molecule has 0 spiro atoms. The predicted octanol–water partition coefficient (Wildman–Crippen LogP) is 3.13. The van der Waals surface area contributed by atoms with E-state index in [0.717, 1.165) is 18.5 Å². The first kappa shape index (κ1) is 13.3. The van der Waals surface area contributed by atoms with Crippen LogP contribution in [0.25, 0.3) is 0 Å². The number of carbonyl (C=O) groups is 1. The second kappa shape index (κ2) is 5.01. The Labute approximate surface area is 121 Å². The minimum Gasteiger partial charge on any atom is -0.361 e. The van der Waals surface area contributed by atoms with Crippen molar-refractivity contribution in [2.75, 3.05) is 5.32 Å². The quantitative estimate of drug-likeness (QED) is 0.923. The standard InChI is InChI=1S/C14H17N3O2S/c1-7-4-5-10-11(6-7)20-14(15-10)16-13(18)12-8(2)17-19-9(12)3/h7H,4-6H2,1-3H3,(H,15,16,18). The molecular weight excluding hydrogens is 274 g/mol. The van der Waals surface area contributed by atoms with E-state index in [1.807, 2.05) is 0 Å². The van der Waals surface area contributed by atoms with Crippen LogP contribution in [-0.4, -0.2) is 16.0 Å². The summed E-state index contributed by atoms with van der Waals surface area (Å²) in [6, 6.07) is 0. The number of nitrogens with zero attached hydrogens (tertiary/aromatic N) is 2. The van der Waals surface area contributed by atoms with Gasteiger partial charge >= 0.3 is 0 Å². The summed E-state index contributed by atoms with van der Waals surface area (Å²) < 4.78 is 5.02. The highest BCUT2D eigenvalue weighted by molar-refractivity contribution is 7.15. The molecule has 0 aromatic carbocycles. The molecule has 0 aliphatic heterocycles. The maximum atomic E-state index is 12.2. The number of aromatic nitrogens is 2. The summed E-state index contributed by atoms with van der Waals surface area (Å²) in [5.74, 6) is 1.05. The second-order valence-electron chi connectivity index (χ2n) is 5.39. The molecule has 1 amide bonds. The van der Waals surface area contributed by atoms with Gasteiger partial charge in [0.05, 0.1) is 11.4 Å². The third-order valence-corrected chi connectivity index (χ3v) is 4.70. The lowest BCUT2D eigenvalue weighted by Gasteiger charge is -2.15. The summed E-state index contributed by atoms with van der Waals surface area (Å²) in [7, 11) is 0. The Hall–Kier alpha value is -1.69. The first-order valence-electron chi connectivity index (χ1n) is 6.77. The molecule has 0 radical (unpaired) electrons. The van der Waals surface area contributed by atoms with Crippen LogP contribution < -0.4 is 5.32 Å².